The third kappa shape index (κ3) is 4.36. The summed E-state index contributed by atoms with van der Waals surface area (Å²) in [6.45, 7) is 1.07. The van der Waals surface area contributed by atoms with Gasteiger partial charge in [0.05, 0.1) is 23.6 Å². The zero-order chi connectivity index (χ0) is 15.2. The standard InChI is InChI=1S/C15H16BrClO3S/c1-18-5-6-20-13-4-3-10(7-12(13)16)15(17)14-8-11(19-2)9-21-14/h3-4,7-9,15H,5-6H2,1-2H3. The van der Waals surface area contributed by atoms with E-state index in [2.05, 4.69) is 15.9 Å². The van der Waals surface area contributed by atoms with Crippen LogP contribution in [0.5, 0.6) is 11.5 Å². The highest BCUT2D eigenvalue weighted by atomic mass is 79.9. The summed E-state index contributed by atoms with van der Waals surface area (Å²) in [5, 5.41) is 1.74. The zero-order valence-corrected chi connectivity index (χ0v) is 14.9. The Balaban J connectivity index is 2.11. The van der Waals surface area contributed by atoms with Gasteiger partial charge in [-0.25, -0.2) is 0 Å². The van der Waals surface area contributed by atoms with Crippen LogP contribution in [-0.2, 0) is 4.74 Å². The zero-order valence-electron chi connectivity index (χ0n) is 11.8. The van der Waals surface area contributed by atoms with E-state index in [1.54, 1.807) is 25.6 Å². The van der Waals surface area contributed by atoms with Crippen molar-refractivity contribution in [1.82, 2.24) is 0 Å². The predicted molar refractivity (Wildman–Crippen MR) is 90.1 cm³/mol. The maximum absolute atomic E-state index is 6.53. The monoisotopic (exact) mass is 390 g/mol. The van der Waals surface area contributed by atoms with Gasteiger partial charge in [-0.1, -0.05) is 6.07 Å². The number of ether oxygens (including phenoxy) is 3. The second-order valence-electron chi connectivity index (χ2n) is 4.28. The van der Waals surface area contributed by atoms with E-state index < -0.39 is 0 Å². The van der Waals surface area contributed by atoms with Gasteiger partial charge in [-0.05, 0) is 39.7 Å². The molecule has 0 saturated carbocycles. The van der Waals surface area contributed by atoms with Crippen molar-refractivity contribution in [1.29, 1.82) is 0 Å². The maximum Gasteiger partial charge on any atom is 0.133 e. The van der Waals surface area contributed by atoms with Gasteiger partial charge in [0.2, 0.25) is 0 Å². The lowest BCUT2D eigenvalue weighted by Crippen LogP contribution is -2.04. The third-order valence-electron chi connectivity index (χ3n) is 2.87. The van der Waals surface area contributed by atoms with E-state index in [4.69, 9.17) is 25.8 Å². The summed E-state index contributed by atoms with van der Waals surface area (Å²) < 4.78 is 16.6. The van der Waals surface area contributed by atoms with Gasteiger partial charge in [0, 0.05) is 17.4 Å². The van der Waals surface area contributed by atoms with Crippen LogP contribution in [0.4, 0.5) is 0 Å². The second-order valence-corrected chi connectivity index (χ2v) is 6.52. The summed E-state index contributed by atoms with van der Waals surface area (Å²) in [6, 6.07) is 7.82. The Morgan fingerprint density at radius 2 is 2.05 bits per heavy atom. The minimum Gasteiger partial charge on any atom is -0.496 e. The summed E-state index contributed by atoms with van der Waals surface area (Å²) in [5.74, 6) is 1.61. The molecule has 0 aliphatic heterocycles. The SMILES string of the molecule is COCCOc1ccc(C(Cl)c2cc(OC)cs2)cc1Br. The fourth-order valence-electron chi connectivity index (χ4n) is 1.77. The first-order valence-electron chi connectivity index (χ1n) is 6.33. The lowest BCUT2D eigenvalue weighted by atomic mass is 10.1. The molecule has 0 radical (unpaired) electrons. The van der Waals surface area contributed by atoms with E-state index in [-0.39, 0.29) is 5.38 Å². The molecule has 21 heavy (non-hydrogen) atoms. The van der Waals surface area contributed by atoms with Crippen molar-refractivity contribution in [2.75, 3.05) is 27.4 Å². The van der Waals surface area contributed by atoms with E-state index in [1.807, 2.05) is 29.6 Å². The van der Waals surface area contributed by atoms with Crippen LogP contribution in [0.25, 0.3) is 0 Å². The summed E-state index contributed by atoms with van der Waals surface area (Å²) in [7, 11) is 3.30. The van der Waals surface area contributed by atoms with Gasteiger partial charge < -0.3 is 14.2 Å². The van der Waals surface area contributed by atoms with E-state index >= 15 is 0 Å². The highest BCUT2D eigenvalue weighted by molar-refractivity contribution is 9.10. The van der Waals surface area contributed by atoms with Gasteiger partial charge in [-0.15, -0.1) is 22.9 Å². The number of halogens is 2. The smallest absolute Gasteiger partial charge is 0.133 e. The van der Waals surface area contributed by atoms with Crippen LogP contribution in [-0.4, -0.2) is 27.4 Å². The van der Waals surface area contributed by atoms with Crippen LogP contribution in [0.1, 0.15) is 15.8 Å². The number of hydrogen-bond donors (Lipinski definition) is 0. The maximum atomic E-state index is 6.53. The minimum absolute atomic E-state index is 0.205. The summed E-state index contributed by atoms with van der Waals surface area (Å²) in [5.41, 5.74) is 1.01. The number of hydrogen-bond acceptors (Lipinski definition) is 4. The largest absolute Gasteiger partial charge is 0.496 e. The molecule has 114 valence electrons. The molecule has 0 saturated heterocycles. The third-order valence-corrected chi connectivity index (χ3v) is 5.09. The van der Waals surface area contributed by atoms with Gasteiger partial charge in [0.1, 0.15) is 18.1 Å². The van der Waals surface area contributed by atoms with Crippen LogP contribution in [0.15, 0.2) is 34.1 Å². The predicted octanol–water partition coefficient (Wildman–Crippen LogP) is 4.87. The van der Waals surface area contributed by atoms with Crippen molar-refractivity contribution in [3.8, 4) is 11.5 Å². The average Bonchev–Trinajstić information content (AvgIpc) is 2.97. The molecule has 2 rings (SSSR count). The molecular formula is C15H16BrClO3S. The summed E-state index contributed by atoms with van der Waals surface area (Å²) in [4.78, 5) is 1.05. The quantitative estimate of drug-likeness (QED) is 0.498. The molecule has 6 heteroatoms. The van der Waals surface area contributed by atoms with Crippen LogP contribution in [0, 0.1) is 0 Å². The Bertz CT molecular complexity index is 588. The molecule has 0 bridgehead atoms. The van der Waals surface area contributed by atoms with Crippen molar-refractivity contribution < 1.29 is 14.2 Å². The number of benzene rings is 1. The molecular weight excluding hydrogens is 376 g/mol. The van der Waals surface area contributed by atoms with Gasteiger partial charge in [-0.3, -0.25) is 0 Å². The van der Waals surface area contributed by atoms with Gasteiger partial charge in [-0.2, -0.15) is 0 Å². The fraction of sp³-hybridized carbons (Fsp3) is 0.333. The molecule has 1 aromatic carbocycles. The Kier molecular flexibility index (Phi) is 6.36. The Hall–Kier alpha value is -0.750. The van der Waals surface area contributed by atoms with Crippen molar-refractivity contribution in [3.63, 3.8) is 0 Å². The molecule has 1 heterocycles. The van der Waals surface area contributed by atoms with Crippen molar-refractivity contribution in [2.45, 2.75) is 5.38 Å². The summed E-state index contributed by atoms with van der Waals surface area (Å²) in [6.07, 6.45) is 0. The molecule has 3 nitrogen and oxygen atoms in total. The number of methoxy groups -OCH3 is 2. The highest BCUT2D eigenvalue weighted by Gasteiger charge is 2.15. The topological polar surface area (TPSA) is 27.7 Å². The highest BCUT2D eigenvalue weighted by Crippen LogP contribution is 2.38. The molecule has 0 aliphatic rings. The van der Waals surface area contributed by atoms with Crippen molar-refractivity contribution in [2.24, 2.45) is 0 Å². The van der Waals surface area contributed by atoms with E-state index in [1.165, 1.54) is 0 Å². The van der Waals surface area contributed by atoms with Crippen LogP contribution in [0.3, 0.4) is 0 Å². The Morgan fingerprint density at radius 3 is 2.67 bits per heavy atom. The van der Waals surface area contributed by atoms with E-state index in [0.717, 1.165) is 26.4 Å². The molecule has 0 amide bonds. The number of rotatable bonds is 7. The molecule has 0 aliphatic carbocycles. The minimum atomic E-state index is -0.205. The van der Waals surface area contributed by atoms with Crippen molar-refractivity contribution in [3.05, 3.63) is 44.6 Å². The molecule has 0 N–H and O–H groups in total. The molecule has 2 aromatic rings. The second kappa shape index (κ2) is 8.03. The normalized spacial score (nSPS) is 12.2. The van der Waals surface area contributed by atoms with Crippen molar-refractivity contribution >= 4 is 38.9 Å². The average molecular weight is 392 g/mol. The van der Waals surface area contributed by atoms with Gasteiger partial charge in [0.25, 0.3) is 0 Å². The van der Waals surface area contributed by atoms with Crippen LogP contribution in [0.2, 0.25) is 0 Å². The van der Waals surface area contributed by atoms with Gasteiger partial charge >= 0.3 is 0 Å². The van der Waals surface area contributed by atoms with E-state index in [9.17, 15) is 0 Å². The van der Waals surface area contributed by atoms with E-state index in [0.29, 0.717) is 13.2 Å². The summed E-state index contributed by atoms with van der Waals surface area (Å²) >= 11 is 11.6. The lowest BCUT2D eigenvalue weighted by Gasteiger charge is -2.12. The molecule has 1 unspecified atom stereocenters. The first-order chi connectivity index (χ1) is 10.2. The molecule has 1 aromatic heterocycles. The Morgan fingerprint density at radius 1 is 1.24 bits per heavy atom. The number of alkyl halides is 1. The molecule has 0 spiro atoms. The fourth-order valence-corrected chi connectivity index (χ4v) is 3.49. The molecule has 1 atom stereocenters. The van der Waals surface area contributed by atoms with Gasteiger partial charge in [0.15, 0.2) is 0 Å². The Labute approximate surface area is 141 Å². The van der Waals surface area contributed by atoms with Crippen LogP contribution < -0.4 is 9.47 Å². The lowest BCUT2D eigenvalue weighted by molar-refractivity contribution is 0.146. The number of thiophene rings is 1. The first-order valence-corrected chi connectivity index (χ1v) is 8.44. The first kappa shape index (κ1) is 16.6. The molecule has 0 fully saturated rings. The van der Waals surface area contributed by atoms with Crippen LogP contribution >= 0.6 is 38.9 Å².